The first-order chi connectivity index (χ1) is 6.74. The van der Waals surface area contributed by atoms with Gasteiger partial charge in [0.15, 0.2) is 0 Å². The molecule has 0 atom stereocenters. The van der Waals surface area contributed by atoms with Crippen LogP contribution in [0.15, 0.2) is 24.3 Å². The molecule has 0 aliphatic rings. The number of phenolic OH excluding ortho intramolecular Hbond substituents is 1. The minimum atomic E-state index is 0.197. The lowest BCUT2D eigenvalue weighted by atomic mass is 10.2. The molecule has 0 radical (unpaired) electrons. The van der Waals surface area contributed by atoms with Crippen molar-refractivity contribution < 1.29 is 5.11 Å². The van der Waals surface area contributed by atoms with Gasteiger partial charge in [0.05, 0.1) is 5.02 Å². The van der Waals surface area contributed by atoms with E-state index in [0.29, 0.717) is 5.02 Å². The van der Waals surface area contributed by atoms with Crippen molar-refractivity contribution in [2.75, 3.05) is 13.6 Å². The van der Waals surface area contributed by atoms with Crippen molar-refractivity contribution in [2.24, 2.45) is 0 Å². The fraction of sp³-hybridized carbons (Fsp3) is 0.273. The molecular weight excluding hydrogens is 198 g/mol. The Balaban J connectivity index is 2.62. The molecule has 14 heavy (non-hydrogen) atoms. The molecule has 1 rings (SSSR count). The van der Waals surface area contributed by atoms with Crippen molar-refractivity contribution >= 4 is 17.7 Å². The second-order valence-corrected chi connectivity index (χ2v) is 3.41. The average molecular weight is 212 g/mol. The quantitative estimate of drug-likeness (QED) is 0.751. The van der Waals surface area contributed by atoms with Crippen LogP contribution in [0.3, 0.4) is 0 Å². The molecule has 1 aromatic rings. The predicted molar refractivity (Wildman–Crippen MR) is 60.7 cm³/mol. The van der Waals surface area contributed by atoms with Crippen molar-refractivity contribution in [2.45, 2.75) is 6.42 Å². The summed E-state index contributed by atoms with van der Waals surface area (Å²) in [7, 11) is 1.92. The van der Waals surface area contributed by atoms with E-state index in [1.165, 1.54) is 0 Å². The molecule has 76 valence electrons. The van der Waals surface area contributed by atoms with Crippen LogP contribution < -0.4 is 5.32 Å². The van der Waals surface area contributed by atoms with Crippen molar-refractivity contribution in [1.29, 1.82) is 0 Å². The zero-order chi connectivity index (χ0) is 10.4. The van der Waals surface area contributed by atoms with Crippen LogP contribution in [0.4, 0.5) is 0 Å². The molecule has 0 heterocycles. The normalized spacial score (nSPS) is 11.0. The summed E-state index contributed by atoms with van der Waals surface area (Å²) in [5.41, 5.74) is 0.931. The highest BCUT2D eigenvalue weighted by Gasteiger charge is 1.96. The van der Waals surface area contributed by atoms with Gasteiger partial charge in [-0.1, -0.05) is 23.8 Å². The predicted octanol–water partition coefficient (Wildman–Crippen LogP) is 2.67. The van der Waals surface area contributed by atoms with E-state index >= 15 is 0 Å². The number of hydrogen-bond donors (Lipinski definition) is 2. The van der Waals surface area contributed by atoms with E-state index in [1.807, 2.05) is 13.1 Å². The lowest BCUT2D eigenvalue weighted by Crippen LogP contribution is -2.05. The van der Waals surface area contributed by atoms with Gasteiger partial charge in [-0.15, -0.1) is 0 Å². The third kappa shape index (κ3) is 3.40. The van der Waals surface area contributed by atoms with E-state index in [0.717, 1.165) is 18.5 Å². The van der Waals surface area contributed by atoms with Gasteiger partial charge in [-0.05, 0) is 43.8 Å². The van der Waals surface area contributed by atoms with Crippen molar-refractivity contribution in [3.63, 3.8) is 0 Å². The van der Waals surface area contributed by atoms with E-state index in [2.05, 4.69) is 11.4 Å². The molecule has 0 spiro atoms. The first kappa shape index (κ1) is 11.1. The van der Waals surface area contributed by atoms with Gasteiger partial charge in [-0.25, -0.2) is 0 Å². The SMILES string of the molecule is CNCCC=Cc1ccc(O)cc1Cl. The Hall–Kier alpha value is -0.990. The third-order valence-electron chi connectivity index (χ3n) is 1.84. The molecule has 0 amide bonds. The summed E-state index contributed by atoms with van der Waals surface area (Å²) < 4.78 is 0. The Morgan fingerprint density at radius 3 is 2.93 bits per heavy atom. The average Bonchev–Trinajstić information content (AvgIpc) is 2.15. The smallest absolute Gasteiger partial charge is 0.117 e. The number of rotatable bonds is 4. The van der Waals surface area contributed by atoms with Crippen LogP contribution in [-0.4, -0.2) is 18.7 Å². The molecule has 1 aromatic carbocycles. The lowest BCUT2D eigenvalue weighted by Gasteiger charge is -1.98. The van der Waals surface area contributed by atoms with Crippen molar-refractivity contribution in [1.82, 2.24) is 5.32 Å². The van der Waals surface area contributed by atoms with E-state index in [1.54, 1.807) is 18.2 Å². The van der Waals surface area contributed by atoms with Gasteiger partial charge in [0.25, 0.3) is 0 Å². The monoisotopic (exact) mass is 211 g/mol. The first-order valence-electron chi connectivity index (χ1n) is 4.53. The van der Waals surface area contributed by atoms with E-state index < -0.39 is 0 Å². The van der Waals surface area contributed by atoms with E-state index in [9.17, 15) is 0 Å². The molecule has 3 heteroatoms. The third-order valence-corrected chi connectivity index (χ3v) is 2.17. The Morgan fingerprint density at radius 2 is 2.29 bits per heavy atom. The maximum absolute atomic E-state index is 9.13. The molecular formula is C11H14ClNO. The van der Waals surface area contributed by atoms with Gasteiger partial charge in [0, 0.05) is 0 Å². The summed E-state index contributed by atoms with van der Waals surface area (Å²) in [5, 5.41) is 12.8. The molecule has 0 unspecified atom stereocenters. The Morgan fingerprint density at radius 1 is 1.50 bits per heavy atom. The molecule has 0 saturated heterocycles. The molecule has 2 N–H and O–H groups in total. The highest BCUT2D eigenvalue weighted by Crippen LogP contribution is 2.22. The summed E-state index contributed by atoms with van der Waals surface area (Å²) in [5.74, 6) is 0.197. The van der Waals surface area contributed by atoms with Crippen LogP contribution in [0.2, 0.25) is 5.02 Å². The molecule has 0 saturated carbocycles. The molecule has 0 bridgehead atoms. The first-order valence-corrected chi connectivity index (χ1v) is 4.91. The number of aromatic hydroxyl groups is 1. The highest BCUT2D eigenvalue weighted by atomic mass is 35.5. The van der Waals surface area contributed by atoms with Gasteiger partial charge >= 0.3 is 0 Å². The van der Waals surface area contributed by atoms with Crippen LogP contribution >= 0.6 is 11.6 Å². The van der Waals surface area contributed by atoms with Crippen LogP contribution in [-0.2, 0) is 0 Å². The maximum atomic E-state index is 9.13. The summed E-state index contributed by atoms with van der Waals surface area (Å²) >= 11 is 5.92. The van der Waals surface area contributed by atoms with Crippen LogP contribution in [0.25, 0.3) is 6.08 Å². The van der Waals surface area contributed by atoms with Crippen LogP contribution in [0.1, 0.15) is 12.0 Å². The number of phenols is 1. The van der Waals surface area contributed by atoms with Crippen LogP contribution in [0.5, 0.6) is 5.75 Å². The number of halogens is 1. The van der Waals surface area contributed by atoms with Crippen molar-refractivity contribution in [3.05, 3.63) is 34.9 Å². The molecule has 0 aliphatic carbocycles. The standard InChI is InChI=1S/C11H14ClNO/c1-13-7-3-2-4-9-5-6-10(14)8-11(9)12/h2,4-6,8,13-14H,3,7H2,1H3. The fourth-order valence-electron chi connectivity index (χ4n) is 1.09. The Labute approximate surface area is 89.2 Å². The van der Waals surface area contributed by atoms with Gasteiger partial charge < -0.3 is 10.4 Å². The second-order valence-electron chi connectivity index (χ2n) is 3.00. The lowest BCUT2D eigenvalue weighted by molar-refractivity contribution is 0.475. The second kappa shape index (κ2) is 5.68. The van der Waals surface area contributed by atoms with Crippen molar-refractivity contribution in [3.8, 4) is 5.75 Å². The summed E-state index contributed by atoms with van der Waals surface area (Å²) in [6.45, 7) is 0.951. The fourth-order valence-corrected chi connectivity index (χ4v) is 1.33. The topological polar surface area (TPSA) is 32.3 Å². The van der Waals surface area contributed by atoms with E-state index in [4.69, 9.17) is 16.7 Å². The summed E-state index contributed by atoms with van der Waals surface area (Å²) in [4.78, 5) is 0. The number of nitrogens with one attached hydrogen (secondary N) is 1. The largest absolute Gasteiger partial charge is 0.508 e. The summed E-state index contributed by atoms with van der Waals surface area (Å²) in [6.07, 6.45) is 4.97. The molecule has 2 nitrogen and oxygen atoms in total. The van der Waals surface area contributed by atoms with Gasteiger partial charge in [0.1, 0.15) is 5.75 Å². The van der Waals surface area contributed by atoms with Gasteiger partial charge in [-0.2, -0.15) is 0 Å². The molecule has 0 aliphatic heterocycles. The van der Waals surface area contributed by atoms with E-state index in [-0.39, 0.29) is 5.75 Å². The molecule has 0 fully saturated rings. The van der Waals surface area contributed by atoms with Gasteiger partial charge in [0.2, 0.25) is 0 Å². The minimum absolute atomic E-state index is 0.197. The van der Waals surface area contributed by atoms with Crippen LogP contribution in [0, 0.1) is 0 Å². The Bertz CT molecular complexity index is 323. The summed E-state index contributed by atoms with van der Waals surface area (Å²) in [6, 6.07) is 4.97. The number of hydrogen-bond acceptors (Lipinski definition) is 2. The zero-order valence-electron chi connectivity index (χ0n) is 8.13. The minimum Gasteiger partial charge on any atom is -0.508 e. The highest BCUT2D eigenvalue weighted by molar-refractivity contribution is 6.32. The zero-order valence-corrected chi connectivity index (χ0v) is 8.88. The molecule has 0 aromatic heterocycles. The van der Waals surface area contributed by atoms with Gasteiger partial charge in [-0.3, -0.25) is 0 Å². The maximum Gasteiger partial charge on any atom is 0.117 e. The Kier molecular flexibility index (Phi) is 4.50. The number of benzene rings is 1.